The van der Waals surface area contributed by atoms with Crippen molar-refractivity contribution in [3.05, 3.63) is 53.3 Å². The van der Waals surface area contributed by atoms with E-state index in [1.807, 2.05) is 30.3 Å². The normalized spacial score (nSPS) is 14.2. The summed E-state index contributed by atoms with van der Waals surface area (Å²) in [5, 5.41) is 4.75. The molecule has 1 aromatic rings. The van der Waals surface area contributed by atoms with E-state index >= 15 is 0 Å². The Labute approximate surface area is 76.4 Å². The average molecular weight is 177 g/mol. The van der Waals surface area contributed by atoms with Crippen LogP contribution < -0.4 is 5.32 Å². The van der Waals surface area contributed by atoms with Crippen molar-refractivity contribution < 1.29 is 0 Å². The highest BCUT2D eigenvalue weighted by Crippen LogP contribution is 2.25. The summed E-state index contributed by atoms with van der Waals surface area (Å²) in [6.07, 6.45) is 5.51. The molecule has 0 fully saturated rings. The number of hydrogen-bond donors (Lipinski definition) is 0. The van der Waals surface area contributed by atoms with Crippen LogP contribution >= 0.6 is 11.6 Å². The first-order valence-electron chi connectivity index (χ1n) is 3.69. The smallest absolute Gasteiger partial charge is 0.0484 e. The van der Waals surface area contributed by atoms with Gasteiger partial charge in [0, 0.05) is 28.6 Å². The first-order chi connectivity index (χ1) is 5.88. The number of rotatable bonds is 1. The SMILES string of the molecule is Clc1ccccc1C1=C[N]C=C1. The minimum absolute atomic E-state index is 0.769. The Kier molecular flexibility index (Phi) is 1.88. The van der Waals surface area contributed by atoms with Crippen LogP contribution in [0.2, 0.25) is 5.02 Å². The van der Waals surface area contributed by atoms with E-state index in [9.17, 15) is 0 Å². The van der Waals surface area contributed by atoms with E-state index in [4.69, 9.17) is 11.6 Å². The van der Waals surface area contributed by atoms with Gasteiger partial charge in [0.05, 0.1) is 0 Å². The fourth-order valence-electron chi connectivity index (χ4n) is 1.14. The van der Waals surface area contributed by atoms with Crippen LogP contribution in [0.1, 0.15) is 5.56 Å². The summed E-state index contributed by atoms with van der Waals surface area (Å²) in [5.41, 5.74) is 2.11. The molecule has 0 aliphatic carbocycles. The molecule has 1 aliphatic rings. The van der Waals surface area contributed by atoms with Gasteiger partial charge in [-0.1, -0.05) is 29.8 Å². The summed E-state index contributed by atoms with van der Waals surface area (Å²) in [5.74, 6) is 0. The lowest BCUT2D eigenvalue weighted by Gasteiger charge is -2.00. The zero-order chi connectivity index (χ0) is 8.39. The molecule has 2 heteroatoms. The van der Waals surface area contributed by atoms with Gasteiger partial charge in [0.25, 0.3) is 0 Å². The molecule has 1 heterocycles. The van der Waals surface area contributed by atoms with E-state index in [0.29, 0.717) is 0 Å². The Bertz CT molecular complexity index is 353. The molecule has 1 nitrogen and oxygen atoms in total. The van der Waals surface area contributed by atoms with Gasteiger partial charge in [-0.25, -0.2) is 0 Å². The molecule has 1 aliphatic heterocycles. The highest BCUT2D eigenvalue weighted by molar-refractivity contribution is 6.32. The van der Waals surface area contributed by atoms with Crippen molar-refractivity contribution >= 4 is 17.2 Å². The van der Waals surface area contributed by atoms with Crippen molar-refractivity contribution in [2.24, 2.45) is 0 Å². The molecule has 0 unspecified atom stereocenters. The number of nitrogens with zero attached hydrogens (tertiary/aromatic N) is 1. The van der Waals surface area contributed by atoms with Crippen molar-refractivity contribution in [3.8, 4) is 0 Å². The highest BCUT2D eigenvalue weighted by Gasteiger charge is 2.05. The Morgan fingerprint density at radius 1 is 1.17 bits per heavy atom. The molecule has 0 spiro atoms. The molecular formula is C10H7ClN. The number of hydrogen-bond acceptors (Lipinski definition) is 0. The molecule has 12 heavy (non-hydrogen) atoms. The van der Waals surface area contributed by atoms with Crippen molar-refractivity contribution in [1.29, 1.82) is 0 Å². The second kappa shape index (κ2) is 3.03. The Morgan fingerprint density at radius 3 is 2.67 bits per heavy atom. The Balaban J connectivity index is 2.46. The first-order valence-corrected chi connectivity index (χ1v) is 4.07. The van der Waals surface area contributed by atoms with Gasteiger partial charge in [0.15, 0.2) is 0 Å². The third-order valence-electron chi connectivity index (χ3n) is 1.74. The van der Waals surface area contributed by atoms with Crippen LogP contribution in [0.3, 0.4) is 0 Å². The largest absolute Gasteiger partial charge is 0.264 e. The van der Waals surface area contributed by atoms with Crippen molar-refractivity contribution in [3.63, 3.8) is 0 Å². The molecule has 0 bridgehead atoms. The van der Waals surface area contributed by atoms with E-state index in [1.165, 1.54) is 0 Å². The summed E-state index contributed by atoms with van der Waals surface area (Å²) < 4.78 is 0. The lowest BCUT2D eigenvalue weighted by Crippen LogP contribution is -1.80. The summed E-state index contributed by atoms with van der Waals surface area (Å²) in [6, 6.07) is 7.75. The van der Waals surface area contributed by atoms with E-state index in [-0.39, 0.29) is 0 Å². The molecule has 59 valence electrons. The van der Waals surface area contributed by atoms with Gasteiger partial charge in [-0.2, -0.15) is 0 Å². The van der Waals surface area contributed by atoms with E-state index < -0.39 is 0 Å². The topological polar surface area (TPSA) is 14.1 Å². The minimum atomic E-state index is 0.769. The van der Waals surface area contributed by atoms with Crippen molar-refractivity contribution in [2.45, 2.75) is 0 Å². The van der Waals surface area contributed by atoms with Gasteiger partial charge < -0.3 is 0 Å². The molecule has 0 saturated heterocycles. The lowest BCUT2D eigenvalue weighted by molar-refractivity contribution is 1.21. The monoisotopic (exact) mass is 176 g/mol. The van der Waals surface area contributed by atoms with Gasteiger partial charge >= 0.3 is 0 Å². The molecule has 2 rings (SSSR count). The maximum Gasteiger partial charge on any atom is 0.0484 e. The van der Waals surface area contributed by atoms with Gasteiger partial charge in [-0.3, -0.25) is 5.32 Å². The Morgan fingerprint density at radius 2 is 2.00 bits per heavy atom. The summed E-state index contributed by atoms with van der Waals surface area (Å²) in [7, 11) is 0. The van der Waals surface area contributed by atoms with Gasteiger partial charge in [-0.15, -0.1) is 0 Å². The predicted octanol–water partition coefficient (Wildman–Crippen LogP) is 2.81. The van der Waals surface area contributed by atoms with Crippen LogP contribution in [-0.2, 0) is 0 Å². The van der Waals surface area contributed by atoms with Crippen molar-refractivity contribution in [1.82, 2.24) is 5.32 Å². The standard InChI is InChI=1S/C10H7ClN/c11-10-4-2-1-3-9(10)8-5-6-12-7-8/h1-7H. The van der Waals surface area contributed by atoms with Crippen LogP contribution in [0.15, 0.2) is 42.7 Å². The fourth-order valence-corrected chi connectivity index (χ4v) is 1.39. The van der Waals surface area contributed by atoms with Gasteiger partial charge in [0.2, 0.25) is 0 Å². The van der Waals surface area contributed by atoms with Crippen molar-refractivity contribution in [2.75, 3.05) is 0 Å². The van der Waals surface area contributed by atoms with Crippen LogP contribution in [-0.4, -0.2) is 0 Å². The van der Waals surface area contributed by atoms with Gasteiger partial charge in [0.1, 0.15) is 0 Å². The van der Waals surface area contributed by atoms with Gasteiger partial charge in [-0.05, 0) is 12.1 Å². The molecule has 0 aromatic heterocycles. The van der Waals surface area contributed by atoms with Crippen LogP contribution in [0.5, 0.6) is 0 Å². The van der Waals surface area contributed by atoms with E-state index in [1.54, 1.807) is 12.4 Å². The van der Waals surface area contributed by atoms with E-state index in [0.717, 1.165) is 16.2 Å². The molecular weight excluding hydrogens is 170 g/mol. The third kappa shape index (κ3) is 1.23. The second-order valence-electron chi connectivity index (χ2n) is 2.53. The molecule has 1 aromatic carbocycles. The maximum absolute atomic E-state index is 5.99. The summed E-state index contributed by atoms with van der Waals surface area (Å²) in [6.45, 7) is 0. The number of benzene rings is 1. The molecule has 0 N–H and O–H groups in total. The first kappa shape index (κ1) is 7.44. The van der Waals surface area contributed by atoms with Crippen LogP contribution in [0, 0.1) is 0 Å². The quantitative estimate of drug-likeness (QED) is 0.625. The minimum Gasteiger partial charge on any atom is -0.264 e. The number of allylic oxidation sites excluding steroid dienone is 2. The highest BCUT2D eigenvalue weighted by atomic mass is 35.5. The second-order valence-corrected chi connectivity index (χ2v) is 2.94. The summed E-state index contributed by atoms with van der Waals surface area (Å²) >= 11 is 5.99. The number of halogens is 1. The molecule has 0 saturated carbocycles. The predicted molar refractivity (Wildman–Crippen MR) is 50.7 cm³/mol. The summed E-state index contributed by atoms with van der Waals surface area (Å²) in [4.78, 5) is 0. The van der Waals surface area contributed by atoms with E-state index in [2.05, 4.69) is 5.32 Å². The zero-order valence-corrected chi connectivity index (χ0v) is 7.12. The van der Waals surface area contributed by atoms with Crippen LogP contribution in [0.25, 0.3) is 5.57 Å². The molecule has 0 amide bonds. The maximum atomic E-state index is 5.99. The third-order valence-corrected chi connectivity index (χ3v) is 2.07. The zero-order valence-electron chi connectivity index (χ0n) is 6.37. The molecule has 0 atom stereocenters. The van der Waals surface area contributed by atoms with Crippen LogP contribution in [0.4, 0.5) is 0 Å². The fraction of sp³-hybridized carbons (Fsp3) is 0. The Hall–Kier alpha value is -1.21. The average Bonchev–Trinajstić information content (AvgIpc) is 2.57. The lowest BCUT2D eigenvalue weighted by atomic mass is 10.1. The molecule has 1 radical (unpaired) electrons.